The number of nitrogens with two attached hydrogens (primary N) is 1. The van der Waals surface area contributed by atoms with Gasteiger partial charge in [0.25, 0.3) is 0 Å². The first-order valence-corrected chi connectivity index (χ1v) is 4.56. The summed E-state index contributed by atoms with van der Waals surface area (Å²) in [7, 11) is 0. The van der Waals surface area contributed by atoms with Crippen LogP contribution in [0.15, 0.2) is 0 Å². The van der Waals surface area contributed by atoms with Gasteiger partial charge in [0.05, 0.1) is 6.10 Å². The second-order valence-corrected chi connectivity index (χ2v) is 4.51. The van der Waals surface area contributed by atoms with Crippen LogP contribution in [0.2, 0.25) is 0 Å². The van der Waals surface area contributed by atoms with E-state index in [0.29, 0.717) is 17.8 Å². The van der Waals surface area contributed by atoms with Gasteiger partial charge in [-0.15, -0.1) is 0 Å². The maximum Gasteiger partial charge on any atom is 0.217 e. The average Bonchev–Trinajstić information content (AvgIpc) is 1.78. The fourth-order valence-corrected chi connectivity index (χ4v) is 2.87. The van der Waals surface area contributed by atoms with Gasteiger partial charge in [-0.05, 0) is 37.0 Å². The summed E-state index contributed by atoms with van der Waals surface area (Å²) < 4.78 is 0. The summed E-state index contributed by atoms with van der Waals surface area (Å²) in [4.78, 5) is 10.6. The molecule has 1 spiro atoms. The zero-order chi connectivity index (χ0) is 8.77. The molecule has 0 unspecified atom stereocenters. The third kappa shape index (κ3) is 1.22. The average molecular weight is 169 g/mol. The maximum absolute atomic E-state index is 10.6. The number of amides is 1. The highest BCUT2D eigenvalue weighted by atomic mass is 16.3. The Morgan fingerprint density at radius 1 is 1.42 bits per heavy atom. The number of hydrogen-bond donors (Lipinski definition) is 2. The van der Waals surface area contributed by atoms with E-state index in [9.17, 15) is 4.79 Å². The van der Waals surface area contributed by atoms with Crippen molar-refractivity contribution < 1.29 is 9.90 Å². The van der Waals surface area contributed by atoms with Gasteiger partial charge in [-0.1, -0.05) is 0 Å². The molecule has 0 aromatic heterocycles. The van der Waals surface area contributed by atoms with E-state index in [-0.39, 0.29) is 12.0 Å². The number of primary amides is 1. The third-order valence-corrected chi connectivity index (χ3v) is 3.27. The molecule has 1 amide bonds. The molecule has 2 aliphatic rings. The minimum atomic E-state index is -0.185. The van der Waals surface area contributed by atoms with E-state index >= 15 is 0 Å². The van der Waals surface area contributed by atoms with Gasteiger partial charge in [-0.25, -0.2) is 0 Å². The SMILES string of the molecule is NC(=O)CC1CC2(CC(O)C2)C1. The Bertz CT molecular complexity index is 201. The molecule has 0 bridgehead atoms. The van der Waals surface area contributed by atoms with Gasteiger partial charge in [0.1, 0.15) is 0 Å². The number of rotatable bonds is 2. The van der Waals surface area contributed by atoms with Gasteiger partial charge in [-0.3, -0.25) is 4.79 Å². The van der Waals surface area contributed by atoms with E-state index in [2.05, 4.69) is 0 Å². The number of hydrogen-bond acceptors (Lipinski definition) is 2. The molecule has 0 atom stereocenters. The lowest BCUT2D eigenvalue weighted by molar-refractivity contribution is -0.130. The second-order valence-electron chi connectivity index (χ2n) is 4.51. The standard InChI is InChI=1S/C9H15NO2/c10-8(12)1-6-2-9(3-6)4-7(11)5-9/h6-7,11H,1-5H2,(H2,10,12). The summed E-state index contributed by atoms with van der Waals surface area (Å²) in [6.07, 6.45) is 4.57. The van der Waals surface area contributed by atoms with Gasteiger partial charge in [-0.2, -0.15) is 0 Å². The van der Waals surface area contributed by atoms with Gasteiger partial charge < -0.3 is 10.8 Å². The Kier molecular flexibility index (Phi) is 1.65. The van der Waals surface area contributed by atoms with Crippen molar-refractivity contribution in [2.75, 3.05) is 0 Å². The molecule has 0 saturated heterocycles. The Hall–Kier alpha value is -0.570. The first kappa shape index (κ1) is 8.05. The van der Waals surface area contributed by atoms with Crippen molar-refractivity contribution in [2.24, 2.45) is 17.1 Å². The normalized spacial score (nSPS) is 45.1. The summed E-state index contributed by atoms with van der Waals surface area (Å²) >= 11 is 0. The number of aliphatic hydroxyl groups is 1. The quantitative estimate of drug-likeness (QED) is 0.629. The lowest BCUT2D eigenvalue weighted by Gasteiger charge is -2.56. The van der Waals surface area contributed by atoms with Crippen LogP contribution in [0.25, 0.3) is 0 Å². The number of carbonyl (C=O) groups is 1. The topological polar surface area (TPSA) is 63.3 Å². The fraction of sp³-hybridized carbons (Fsp3) is 0.889. The van der Waals surface area contributed by atoms with Crippen LogP contribution >= 0.6 is 0 Å². The smallest absolute Gasteiger partial charge is 0.217 e. The molecule has 2 rings (SSSR count). The number of carbonyl (C=O) groups excluding carboxylic acids is 1. The van der Waals surface area contributed by atoms with Crippen LogP contribution in [0.5, 0.6) is 0 Å². The first-order chi connectivity index (χ1) is 5.60. The Morgan fingerprint density at radius 3 is 2.42 bits per heavy atom. The van der Waals surface area contributed by atoms with Crippen molar-refractivity contribution in [2.45, 2.75) is 38.2 Å². The largest absolute Gasteiger partial charge is 0.393 e. The summed E-state index contributed by atoms with van der Waals surface area (Å²) in [6.45, 7) is 0. The molecular weight excluding hydrogens is 154 g/mol. The first-order valence-electron chi connectivity index (χ1n) is 4.56. The molecule has 3 heteroatoms. The maximum atomic E-state index is 10.6. The molecule has 2 aliphatic carbocycles. The van der Waals surface area contributed by atoms with E-state index in [1.807, 2.05) is 0 Å². The van der Waals surface area contributed by atoms with Crippen molar-refractivity contribution >= 4 is 5.91 Å². The van der Waals surface area contributed by atoms with E-state index in [0.717, 1.165) is 25.7 Å². The number of aliphatic hydroxyl groups excluding tert-OH is 1. The highest BCUT2D eigenvalue weighted by Crippen LogP contribution is 2.59. The van der Waals surface area contributed by atoms with Crippen molar-refractivity contribution in [1.82, 2.24) is 0 Å². The molecule has 2 saturated carbocycles. The molecule has 3 nitrogen and oxygen atoms in total. The summed E-state index contributed by atoms with van der Waals surface area (Å²) in [5, 5.41) is 9.13. The van der Waals surface area contributed by atoms with Gasteiger partial charge in [0.2, 0.25) is 5.91 Å². The minimum absolute atomic E-state index is 0.0699. The van der Waals surface area contributed by atoms with Gasteiger partial charge in [0.15, 0.2) is 0 Å². The van der Waals surface area contributed by atoms with Crippen LogP contribution in [-0.4, -0.2) is 17.1 Å². The molecule has 0 aromatic carbocycles. The summed E-state index contributed by atoms with van der Waals surface area (Å²) in [5.74, 6) is 0.324. The van der Waals surface area contributed by atoms with Crippen molar-refractivity contribution in [1.29, 1.82) is 0 Å². The molecule has 0 aromatic rings. The van der Waals surface area contributed by atoms with Crippen LogP contribution in [0.4, 0.5) is 0 Å². The highest BCUT2D eigenvalue weighted by molar-refractivity contribution is 5.74. The van der Waals surface area contributed by atoms with E-state index in [4.69, 9.17) is 10.8 Å². The second kappa shape index (κ2) is 2.46. The van der Waals surface area contributed by atoms with Crippen molar-refractivity contribution in [3.05, 3.63) is 0 Å². The molecule has 68 valence electrons. The van der Waals surface area contributed by atoms with Crippen molar-refractivity contribution in [3.8, 4) is 0 Å². The van der Waals surface area contributed by atoms with Gasteiger partial charge in [0, 0.05) is 6.42 Å². The summed E-state index contributed by atoms with van der Waals surface area (Å²) in [6, 6.07) is 0. The summed E-state index contributed by atoms with van der Waals surface area (Å²) in [5.41, 5.74) is 5.51. The minimum Gasteiger partial charge on any atom is -0.393 e. The Balaban J connectivity index is 1.74. The molecule has 2 fully saturated rings. The molecule has 3 N–H and O–H groups in total. The fourth-order valence-electron chi connectivity index (χ4n) is 2.87. The van der Waals surface area contributed by atoms with E-state index < -0.39 is 0 Å². The predicted molar refractivity (Wildman–Crippen MR) is 44.2 cm³/mol. The van der Waals surface area contributed by atoms with Crippen molar-refractivity contribution in [3.63, 3.8) is 0 Å². The van der Waals surface area contributed by atoms with Gasteiger partial charge >= 0.3 is 0 Å². The predicted octanol–water partition coefficient (Wildman–Crippen LogP) is 0.413. The van der Waals surface area contributed by atoms with Crippen LogP contribution in [0.1, 0.15) is 32.1 Å². The molecule has 0 heterocycles. The molecule has 0 aliphatic heterocycles. The lowest BCUT2D eigenvalue weighted by atomic mass is 9.50. The van der Waals surface area contributed by atoms with E-state index in [1.165, 1.54) is 0 Å². The Morgan fingerprint density at radius 2 is 2.00 bits per heavy atom. The lowest BCUT2D eigenvalue weighted by Crippen LogP contribution is -2.50. The van der Waals surface area contributed by atoms with Crippen LogP contribution in [0, 0.1) is 11.3 Å². The highest BCUT2D eigenvalue weighted by Gasteiger charge is 2.52. The third-order valence-electron chi connectivity index (χ3n) is 3.27. The zero-order valence-electron chi connectivity index (χ0n) is 7.12. The molecular formula is C9H15NO2. The Labute approximate surface area is 71.9 Å². The van der Waals surface area contributed by atoms with Crippen LogP contribution in [-0.2, 0) is 4.79 Å². The van der Waals surface area contributed by atoms with Crippen LogP contribution in [0.3, 0.4) is 0 Å². The molecule has 12 heavy (non-hydrogen) atoms. The zero-order valence-corrected chi connectivity index (χ0v) is 7.12. The molecule has 0 radical (unpaired) electrons. The monoisotopic (exact) mass is 169 g/mol. The van der Waals surface area contributed by atoms with Crippen LogP contribution < -0.4 is 5.73 Å². The van der Waals surface area contributed by atoms with E-state index in [1.54, 1.807) is 0 Å².